The molecule has 6 heteroatoms. The molecule has 6 nitrogen and oxygen atoms in total. The molecule has 0 aliphatic rings. The molecule has 0 amide bonds. The smallest absolute Gasteiger partial charge is 0.269 e. The molecule has 0 atom stereocenters. The molecule has 4 aromatic rings. The fourth-order valence-electron chi connectivity index (χ4n) is 3.03. The van der Waals surface area contributed by atoms with Crippen LogP contribution in [0.15, 0.2) is 76.1 Å². The lowest BCUT2D eigenvalue weighted by Gasteiger charge is -2.02. The molecule has 0 saturated carbocycles. The molecule has 0 aliphatic carbocycles. The summed E-state index contributed by atoms with van der Waals surface area (Å²) < 4.78 is 5.89. The highest BCUT2D eigenvalue weighted by molar-refractivity contribution is 5.82. The number of aliphatic imine (C=N–C) groups is 1. The first kappa shape index (κ1) is 19.3. The highest BCUT2D eigenvalue weighted by Gasteiger charge is 2.10. The minimum Gasteiger partial charge on any atom is -0.436 e. The summed E-state index contributed by atoms with van der Waals surface area (Å²) in [7, 11) is 0. The lowest BCUT2D eigenvalue weighted by molar-refractivity contribution is -0.384. The van der Waals surface area contributed by atoms with E-state index in [9.17, 15) is 10.1 Å². The van der Waals surface area contributed by atoms with E-state index in [1.54, 1.807) is 24.4 Å². The van der Waals surface area contributed by atoms with Crippen molar-refractivity contribution in [1.82, 2.24) is 4.98 Å². The molecule has 1 aromatic heterocycles. The number of allylic oxidation sites excluding steroid dienone is 1. The molecule has 0 saturated heterocycles. The second-order valence-electron chi connectivity index (χ2n) is 6.98. The van der Waals surface area contributed by atoms with Crippen molar-refractivity contribution in [3.8, 4) is 11.5 Å². The van der Waals surface area contributed by atoms with Gasteiger partial charge in [0.15, 0.2) is 5.58 Å². The van der Waals surface area contributed by atoms with Crippen molar-refractivity contribution >= 4 is 34.8 Å². The lowest BCUT2D eigenvalue weighted by Crippen LogP contribution is -1.86. The summed E-state index contributed by atoms with van der Waals surface area (Å²) in [6.07, 6.45) is 5.34. The number of non-ortho nitro benzene ring substituents is 1. The first-order valence-corrected chi connectivity index (χ1v) is 9.43. The van der Waals surface area contributed by atoms with Crippen LogP contribution in [0.1, 0.15) is 16.7 Å². The summed E-state index contributed by atoms with van der Waals surface area (Å²) in [5.74, 6) is 0.563. The molecule has 0 radical (unpaired) electrons. The van der Waals surface area contributed by atoms with Crippen LogP contribution in [0.2, 0.25) is 0 Å². The predicted octanol–water partition coefficient (Wildman–Crippen LogP) is 6.44. The number of fused-ring (bicyclic) bond motifs is 1. The fourth-order valence-corrected chi connectivity index (χ4v) is 3.03. The number of nitro groups is 1. The van der Waals surface area contributed by atoms with E-state index in [-0.39, 0.29) is 5.69 Å². The maximum atomic E-state index is 10.7. The number of hydrogen-bond donors (Lipinski definition) is 0. The van der Waals surface area contributed by atoms with Gasteiger partial charge in [0.05, 0.1) is 10.6 Å². The highest BCUT2D eigenvalue weighted by Crippen LogP contribution is 2.29. The van der Waals surface area contributed by atoms with Crippen molar-refractivity contribution < 1.29 is 9.34 Å². The number of rotatable bonds is 5. The lowest BCUT2D eigenvalue weighted by atomic mass is 10.1. The highest BCUT2D eigenvalue weighted by atomic mass is 16.6. The molecule has 4 rings (SSSR count). The maximum Gasteiger partial charge on any atom is 0.269 e. The number of nitro benzene ring substituents is 1. The van der Waals surface area contributed by atoms with Crippen LogP contribution in [0.3, 0.4) is 0 Å². The number of benzene rings is 3. The Balaban J connectivity index is 1.54. The first-order valence-electron chi connectivity index (χ1n) is 9.43. The van der Waals surface area contributed by atoms with Crippen molar-refractivity contribution in [2.24, 2.45) is 4.99 Å². The Kier molecular flexibility index (Phi) is 5.22. The Hall–Kier alpha value is -4.06. The van der Waals surface area contributed by atoms with Gasteiger partial charge in [-0.3, -0.25) is 15.1 Å². The van der Waals surface area contributed by atoms with Crippen molar-refractivity contribution in [1.29, 1.82) is 0 Å². The van der Waals surface area contributed by atoms with E-state index in [1.165, 1.54) is 12.1 Å². The second kappa shape index (κ2) is 8.13. The Morgan fingerprint density at radius 2 is 1.83 bits per heavy atom. The van der Waals surface area contributed by atoms with Crippen LogP contribution in [0.25, 0.3) is 28.6 Å². The summed E-state index contributed by atoms with van der Waals surface area (Å²) in [6, 6.07) is 18.2. The Bertz CT molecular complexity index is 1290. The molecule has 0 bridgehead atoms. The van der Waals surface area contributed by atoms with Gasteiger partial charge < -0.3 is 4.42 Å². The second-order valence-corrected chi connectivity index (χ2v) is 6.98. The summed E-state index contributed by atoms with van der Waals surface area (Å²) in [6.45, 7) is 4.02. The molecule has 3 aromatic carbocycles. The molecule has 0 unspecified atom stereocenters. The van der Waals surface area contributed by atoms with Gasteiger partial charge in [-0.1, -0.05) is 18.2 Å². The van der Waals surface area contributed by atoms with E-state index >= 15 is 0 Å². The van der Waals surface area contributed by atoms with Crippen molar-refractivity contribution in [2.45, 2.75) is 13.8 Å². The number of aryl methyl sites for hydroxylation is 2. The zero-order chi connectivity index (χ0) is 21.1. The molecule has 30 heavy (non-hydrogen) atoms. The summed E-state index contributed by atoms with van der Waals surface area (Å²) in [5, 5.41) is 10.7. The van der Waals surface area contributed by atoms with Crippen LogP contribution in [0, 0.1) is 24.0 Å². The topological polar surface area (TPSA) is 81.5 Å². The van der Waals surface area contributed by atoms with Gasteiger partial charge in [-0.15, -0.1) is 0 Å². The Morgan fingerprint density at radius 3 is 2.60 bits per heavy atom. The predicted molar refractivity (Wildman–Crippen MR) is 119 cm³/mol. The standard InChI is InChI=1S/C24H19N3O3/c1-16-5-12-23-22(14-16)26-24(30-23)19-9-6-17(2)21(15-19)25-13-3-4-18-7-10-20(11-8-18)27(28)29/h3-15H,1-2H3. The third-order valence-electron chi connectivity index (χ3n) is 4.69. The van der Waals surface area contributed by atoms with Gasteiger partial charge in [-0.05, 0) is 73.0 Å². The molecule has 1 heterocycles. The summed E-state index contributed by atoms with van der Waals surface area (Å²) in [4.78, 5) is 19.4. The first-order chi connectivity index (χ1) is 14.5. The average molecular weight is 397 g/mol. The number of aromatic nitrogens is 1. The molecule has 0 spiro atoms. The number of oxazole rings is 1. The van der Waals surface area contributed by atoms with Crippen LogP contribution < -0.4 is 0 Å². The van der Waals surface area contributed by atoms with Crippen LogP contribution in [0.5, 0.6) is 0 Å². The average Bonchev–Trinajstić information content (AvgIpc) is 3.16. The summed E-state index contributed by atoms with van der Waals surface area (Å²) >= 11 is 0. The van der Waals surface area contributed by atoms with Crippen molar-refractivity contribution in [3.05, 3.63) is 93.5 Å². The fraction of sp³-hybridized carbons (Fsp3) is 0.0833. The normalized spacial score (nSPS) is 11.7. The third kappa shape index (κ3) is 4.17. The SMILES string of the molecule is Cc1ccc2oc(-c3ccc(C)c(N=CC=Cc4ccc([N+](=O)[O-])cc4)c3)nc2c1. The minimum absolute atomic E-state index is 0.0719. The third-order valence-corrected chi connectivity index (χ3v) is 4.69. The largest absolute Gasteiger partial charge is 0.436 e. The molecular weight excluding hydrogens is 378 g/mol. The monoisotopic (exact) mass is 397 g/mol. The van der Waals surface area contributed by atoms with Crippen LogP contribution in [-0.2, 0) is 0 Å². The van der Waals surface area contributed by atoms with Gasteiger partial charge >= 0.3 is 0 Å². The van der Waals surface area contributed by atoms with Crippen LogP contribution in [-0.4, -0.2) is 16.1 Å². The van der Waals surface area contributed by atoms with Gasteiger partial charge in [-0.2, -0.15) is 0 Å². The van der Waals surface area contributed by atoms with Crippen LogP contribution in [0.4, 0.5) is 11.4 Å². The number of nitrogens with zero attached hydrogens (tertiary/aromatic N) is 3. The molecular formula is C24H19N3O3. The molecule has 0 aliphatic heterocycles. The van der Waals surface area contributed by atoms with Gasteiger partial charge in [0, 0.05) is 23.9 Å². The Morgan fingerprint density at radius 1 is 1.03 bits per heavy atom. The summed E-state index contributed by atoms with van der Waals surface area (Å²) in [5.41, 5.74) is 6.37. The molecule has 0 N–H and O–H groups in total. The molecule has 0 fully saturated rings. The van der Waals surface area contributed by atoms with E-state index in [0.717, 1.165) is 39.0 Å². The van der Waals surface area contributed by atoms with Gasteiger partial charge in [-0.25, -0.2) is 4.98 Å². The zero-order valence-electron chi connectivity index (χ0n) is 16.6. The maximum absolute atomic E-state index is 10.7. The molecule has 148 valence electrons. The van der Waals surface area contributed by atoms with E-state index in [0.29, 0.717) is 5.89 Å². The van der Waals surface area contributed by atoms with Gasteiger partial charge in [0.25, 0.3) is 5.69 Å². The minimum atomic E-state index is -0.414. The van der Waals surface area contributed by atoms with E-state index in [2.05, 4.69) is 9.98 Å². The van der Waals surface area contributed by atoms with Gasteiger partial charge in [0.2, 0.25) is 5.89 Å². The number of hydrogen-bond acceptors (Lipinski definition) is 5. The van der Waals surface area contributed by atoms with Crippen molar-refractivity contribution in [2.75, 3.05) is 0 Å². The van der Waals surface area contributed by atoms with E-state index in [4.69, 9.17) is 4.42 Å². The van der Waals surface area contributed by atoms with Gasteiger partial charge in [0.1, 0.15) is 5.52 Å². The van der Waals surface area contributed by atoms with E-state index < -0.39 is 4.92 Å². The Labute approximate surface area is 173 Å². The van der Waals surface area contributed by atoms with Crippen LogP contribution >= 0.6 is 0 Å². The zero-order valence-corrected chi connectivity index (χ0v) is 16.6. The quantitative estimate of drug-likeness (QED) is 0.220. The van der Waals surface area contributed by atoms with Crippen molar-refractivity contribution in [3.63, 3.8) is 0 Å². The van der Waals surface area contributed by atoms with E-state index in [1.807, 2.05) is 56.3 Å².